The predicted molar refractivity (Wildman–Crippen MR) is 122 cm³/mol. The smallest absolute Gasteiger partial charge is 0.342 e. The highest BCUT2D eigenvalue weighted by Crippen LogP contribution is 2.77. The van der Waals surface area contributed by atoms with Crippen LogP contribution >= 0.6 is 0 Å². The Morgan fingerprint density at radius 1 is 1.05 bits per heavy atom. The van der Waals surface area contributed by atoms with Crippen molar-refractivity contribution < 1.29 is 48.0 Å². The van der Waals surface area contributed by atoms with Crippen LogP contribution < -0.4 is 0 Å². The van der Waals surface area contributed by atoms with Gasteiger partial charge in [0, 0.05) is 5.92 Å². The first kappa shape index (κ1) is 22.7. The zero-order chi connectivity index (χ0) is 26.5. The van der Waals surface area contributed by atoms with Crippen LogP contribution in [0, 0.1) is 34.5 Å². The van der Waals surface area contributed by atoms with Gasteiger partial charge in [-0.2, -0.15) is 0 Å². The molecule has 0 amide bonds. The first-order valence-corrected chi connectivity index (χ1v) is 13.8. The molecule has 0 aromatic carbocycles. The molecule has 10 heteroatoms. The Morgan fingerprint density at radius 2 is 1.84 bits per heavy atom. The van der Waals surface area contributed by atoms with Gasteiger partial charge in [-0.1, -0.05) is 13.0 Å². The van der Waals surface area contributed by atoms with E-state index >= 15 is 0 Å². The van der Waals surface area contributed by atoms with Crippen LogP contribution in [-0.2, 0) is 42.9 Å². The summed E-state index contributed by atoms with van der Waals surface area (Å²) in [5.41, 5.74) is -8.23. The fraction of sp³-hybridized carbons (Fsp3) is 0.786. The summed E-state index contributed by atoms with van der Waals surface area (Å²) >= 11 is 0. The monoisotopic (exact) mass is 526 g/mol. The number of aliphatic hydroxyl groups is 1. The lowest BCUT2D eigenvalue weighted by atomic mass is 9.46. The number of carbonyl (C=O) groups is 4. The van der Waals surface area contributed by atoms with Gasteiger partial charge < -0.3 is 28.8 Å². The highest BCUT2D eigenvalue weighted by molar-refractivity contribution is 6.00. The molecule has 38 heavy (non-hydrogen) atoms. The van der Waals surface area contributed by atoms with E-state index in [1.54, 1.807) is 13.0 Å². The van der Waals surface area contributed by atoms with Gasteiger partial charge >= 0.3 is 11.9 Å². The third-order valence-electron chi connectivity index (χ3n) is 12.9. The van der Waals surface area contributed by atoms with E-state index in [0.717, 1.165) is 0 Å². The van der Waals surface area contributed by atoms with Gasteiger partial charge in [0.1, 0.15) is 11.7 Å². The number of Topliss-reactive ketones (excluding diaryl/α,β-unsaturated/α-hetero) is 1. The molecule has 6 heterocycles. The van der Waals surface area contributed by atoms with Crippen LogP contribution in [0.2, 0.25) is 0 Å². The quantitative estimate of drug-likeness (QED) is 0.356. The summed E-state index contributed by atoms with van der Waals surface area (Å²) in [5, 5.41) is 12.4. The fourth-order valence-electron chi connectivity index (χ4n) is 10.9. The summed E-state index contributed by atoms with van der Waals surface area (Å²) in [6, 6.07) is 0. The van der Waals surface area contributed by atoms with Gasteiger partial charge in [-0.05, 0) is 63.4 Å². The van der Waals surface area contributed by atoms with Crippen molar-refractivity contribution in [2.45, 2.75) is 93.3 Å². The van der Waals surface area contributed by atoms with Gasteiger partial charge in [0.15, 0.2) is 28.4 Å². The van der Waals surface area contributed by atoms with Crippen molar-refractivity contribution in [1.29, 1.82) is 0 Å². The number of carbonyl (C=O) groups excluding carboxylic acids is 4. The second kappa shape index (κ2) is 5.82. The van der Waals surface area contributed by atoms with Crippen LogP contribution in [0.25, 0.3) is 0 Å². The average molecular weight is 527 g/mol. The summed E-state index contributed by atoms with van der Waals surface area (Å²) in [4.78, 5) is 55.6. The Labute approximate surface area is 218 Å². The summed E-state index contributed by atoms with van der Waals surface area (Å²) in [7, 11) is 0. The minimum Gasteiger partial charge on any atom is -0.458 e. The lowest BCUT2D eigenvalue weighted by molar-refractivity contribution is -0.375. The Morgan fingerprint density at radius 3 is 2.63 bits per heavy atom. The molecule has 0 aromatic rings. The largest absolute Gasteiger partial charge is 0.458 e. The lowest BCUT2D eigenvalue weighted by Gasteiger charge is -2.63. The van der Waals surface area contributed by atoms with E-state index in [1.807, 2.05) is 19.9 Å². The maximum absolute atomic E-state index is 14.9. The second-order valence-electron chi connectivity index (χ2n) is 13.8. The van der Waals surface area contributed by atoms with E-state index in [1.165, 1.54) is 0 Å². The van der Waals surface area contributed by atoms with E-state index < -0.39 is 80.7 Å². The molecule has 9 aliphatic rings. The van der Waals surface area contributed by atoms with E-state index in [4.69, 9.17) is 23.7 Å². The fourth-order valence-corrected chi connectivity index (χ4v) is 10.9. The van der Waals surface area contributed by atoms with Gasteiger partial charge in [-0.3, -0.25) is 14.4 Å². The Bertz CT molecular complexity index is 1340. The molecule has 13 atom stereocenters. The average Bonchev–Trinajstić information content (AvgIpc) is 3.45. The molecule has 2 saturated carbocycles. The minimum atomic E-state index is -2.19. The first-order chi connectivity index (χ1) is 17.9. The summed E-state index contributed by atoms with van der Waals surface area (Å²) < 4.78 is 31.5. The Kier molecular flexibility index (Phi) is 3.47. The molecular weight excluding hydrogens is 496 g/mol. The number of allylic oxidation sites excluding steroid dienone is 1. The number of hydrogen-bond acceptors (Lipinski definition) is 10. The van der Waals surface area contributed by atoms with E-state index in [9.17, 15) is 24.3 Å². The standard InChI is InChI=1S/C28H30O10/c1-22-10-17-24(3)28-18(22)19(30)27(38-28,34-11-14(22)20(31)35-17)13-9-16-26(36-16)7-4-5-15(29)23(26,2)12(13)6-8-25(28,33)21(32)37-24/h4-5,12-14,16-18,33H,6-11H2,1-3H3/t12-,13+,14-,16+,17+,18-,22+,23-,24-,25-,26+,27+,28-/m1/s1. The van der Waals surface area contributed by atoms with Crippen molar-refractivity contribution in [1.82, 2.24) is 0 Å². The molecule has 6 saturated heterocycles. The first-order valence-electron chi connectivity index (χ1n) is 13.8. The molecule has 8 fully saturated rings. The van der Waals surface area contributed by atoms with Gasteiger partial charge in [0.05, 0.1) is 30.0 Å². The Hall–Kier alpha value is -2.14. The van der Waals surface area contributed by atoms with Crippen LogP contribution in [0.5, 0.6) is 0 Å². The Balaban J connectivity index is 1.34. The van der Waals surface area contributed by atoms with Crippen LogP contribution in [0.15, 0.2) is 12.2 Å². The normalized spacial score (nSPS) is 64.1. The molecule has 0 radical (unpaired) electrons. The number of esters is 2. The van der Waals surface area contributed by atoms with E-state index in [0.29, 0.717) is 12.8 Å². The highest BCUT2D eigenvalue weighted by Gasteiger charge is 2.94. The number of rotatable bonds is 0. The van der Waals surface area contributed by atoms with Crippen LogP contribution in [0.4, 0.5) is 0 Å². The summed E-state index contributed by atoms with van der Waals surface area (Å²) in [6.45, 7) is 5.27. The predicted octanol–water partition coefficient (Wildman–Crippen LogP) is 0.768. The van der Waals surface area contributed by atoms with Crippen molar-refractivity contribution in [3.05, 3.63) is 12.2 Å². The van der Waals surface area contributed by atoms with Crippen molar-refractivity contribution in [2.75, 3.05) is 6.61 Å². The molecule has 10 nitrogen and oxygen atoms in total. The number of fused-ring (bicyclic) bond motifs is 4. The topological polar surface area (TPSA) is 138 Å². The third kappa shape index (κ3) is 1.79. The van der Waals surface area contributed by atoms with E-state index in [2.05, 4.69) is 0 Å². The second-order valence-corrected chi connectivity index (χ2v) is 13.8. The number of ether oxygens (including phenoxy) is 5. The molecule has 0 unspecified atom stereocenters. The van der Waals surface area contributed by atoms with E-state index in [-0.39, 0.29) is 43.5 Å². The van der Waals surface area contributed by atoms with Gasteiger partial charge in [-0.15, -0.1) is 0 Å². The highest BCUT2D eigenvalue weighted by atomic mass is 16.8. The zero-order valence-electron chi connectivity index (χ0n) is 21.5. The zero-order valence-corrected chi connectivity index (χ0v) is 21.5. The molecule has 3 spiro atoms. The third-order valence-corrected chi connectivity index (χ3v) is 12.9. The van der Waals surface area contributed by atoms with Crippen molar-refractivity contribution >= 4 is 23.5 Å². The molecule has 0 aromatic heterocycles. The van der Waals surface area contributed by atoms with Gasteiger partial charge in [-0.25, -0.2) is 4.79 Å². The molecule has 1 N–H and O–H groups in total. The minimum absolute atomic E-state index is 0.0583. The molecular formula is C28H30O10. The molecule has 6 aliphatic heterocycles. The number of ketones is 2. The van der Waals surface area contributed by atoms with Gasteiger partial charge in [0.25, 0.3) is 0 Å². The lowest BCUT2D eigenvalue weighted by Crippen LogP contribution is -2.79. The van der Waals surface area contributed by atoms with Crippen molar-refractivity contribution in [3.63, 3.8) is 0 Å². The van der Waals surface area contributed by atoms with Crippen LogP contribution in [0.1, 0.15) is 52.9 Å². The molecule has 5 bridgehead atoms. The summed E-state index contributed by atoms with van der Waals surface area (Å²) in [5.74, 6) is -6.56. The SMILES string of the molecule is C[C@]12C[C@@H]3OC(=O)[C@H]1CO[C@@]14O[C@@]5([C@@H]2C1=O)[C@@](O)(CC[C@@H]1[C@@H]4C[C@@H]2O[C@@]24CC=CC(=O)[C@@]14C)C(=O)O[C@]35C. The number of hydrogen-bond donors (Lipinski definition) is 1. The molecule has 202 valence electrons. The van der Waals surface area contributed by atoms with Crippen molar-refractivity contribution in [3.8, 4) is 0 Å². The molecule has 9 rings (SSSR count). The van der Waals surface area contributed by atoms with Crippen molar-refractivity contribution in [2.24, 2.45) is 34.5 Å². The van der Waals surface area contributed by atoms with Gasteiger partial charge in [0.2, 0.25) is 5.79 Å². The van der Waals surface area contributed by atoms with Crippen LogP contribution in [-0.4, -0.2) is 75.6 Å². The summed E-state index contributed by atoms with van der Waals surface area (Å²) in [6.07, 6.45) is 3.82. The van der Waals surface area contributed by atoms with Crippen LogP contribution in [0.3, 0.4) is 0 Å². The number of epoxide rings is 1. The maximum atomic E-state index is 14.9. The maximum Gasteiger partial charge on any atom is 0.342 e. The molecule has 3 aliphatic carbocycles.